The summed E-state index contributed by atoms with van der Waals surface area (Å²) in [7, 11) is -0.441. The first kappa shape index (κ1) is 37.4. The van der Waals surface area contributed by atoms with Crippen molar-refractivity contribution in [2.24, 2.45) is 20.4 Å². The molecular formula is C36H34CuN8OPS2+. The van der Waals surface area contributed by atoms with E-state index in [1.807, 2.05) is 48.5 Å². The third-order valence-corrected chi connectivity index (χ3v) is 11.8. The molecule has 1 aromatic heterocycles. The van der Waals surface area contributed by atoms with Crippen molar-refractivity contribution in [1.82, 2.24) is 20.6 Å². The van der Waals surface area contributed by atoms with Crippen molar-refractivity contribution < 1.29 is 21.8 Å². The van der Waals surface area contributed by atoms with Gasteiger partial charge in [-0.1, -0.05) is 84.9 Å². The number of benzene rings is 4. The molecule has 0 amide bonds. The molecule has 0 spiro atoms. The fourth-order valence-electron chi connectivity index (χ4n) is 4.88. The Labute approximate surface area is 309 Å². The second-order valence-electron chi connectivity index (χ2n) is 10.2. The minimum absolute atomic E-state index is 0. The van der Waals surface area contributed by atoms with Crippen molar-refractivity contribution in [3.05, 3.63) is 151 Å². The van der Waals surface area contributed by atoms with Gasteiger partial charge < -0.3 is 40.6 Å². The molecule has 0 aliphatic heterocycles. The van der Waals surface area contributed by atoms with E-state index in [4.69, 9.17) is 30.0 Å². The molecule has 1 heterocycles. The van der Waals surface area contributed by atoms with Crippen LogP contribution in [0.1, 0.15) is 11.4 Å². The Hall–Kier alpha value is -4.41. The predicted octanol–water partition coefficient (Wildman–Crippen LogP) is 4.17. The van der Waals surface area contributed by atoms with Crippen LogP contribution >= 0.6 is 7.26 Å². The summed E-state index contributed by atoms with van der Waals surface area (Å²) in [5, 5.41) is 27.3. The molecule has 5 aromatic rings. The SMILES string of the molecule is CN/C([S-])=N/N=C(/C(=N/N=C(\[S-])NCCOC[P+](c1ccccc1)(c1ccccc1)c1ccccc1)c1ccccc1)c1ncccn1.[Cu+2]. The van der Waals surface area contributed by atoms with Gasteiger partial charge in [-0.25, -0.2) is 9.97 Å². The standard InChI is InChI=1S/C36H35N8OPS2.Cu/c1-37-35(47)43-42-33(34-38-23-14-24-39-34)32(28-15-6-2-7-16-28)41-44-36(48)40-25-26-45-27-46(29-17-8-3-9-18-29,30-19-10-4-11-20-30)31-21-12-5-13-22-31;/h2-24H,25-27H2,1H3,(H3-,37,38,39,40,41,42,43,44,47,48);/q;+2/p-1. The van der Waals surface area contributed by atoms with Gasteiger partial charge in [0.15, 0.2) is 17.9 Å². The number of hydrogen-bond donors (Lipinski definition) is 2. The van der Waals surface area contributed by atoms with E-state index in [1.54, 1.807) is 25.5 Å². The molecular weight excluding hydrogens is 719 g/mol. The molecule has 9 nitrogen and oxygen atoms in total. The molecule has 0 aliphatic carbocycles. The van der Waals surface area contributed by atoms with Crippen LogP contribution in [-0.4, -0.2) is 58.3 Å². The van der Waals surface area contributed by atoms with Gasteiger partial charge in [0, 0.05) is 31.5 Å². The molecule has 4 aromatic carbocycles. The van der Waals surface area contributed by atoms with Crippen LogP contribution in [0.25, 0.3) is 0 Å². The Kier molecular flexibility index (Phi) is 14.9. The second-order valence-corrected chi connectivity index (χ2v) is 14.4. The van der Waals surface area contributed by atoms with Crippen molar-refractivity contribution in [1.29, 1.82) is 0 Å². The van der Waals surface area contributed by atoms with Crippen LogP contribution < -0.4 is 26.5 Å². The van der Waals surface area contributed by atoms with Gasteiger partial charge in [-0.05, 0) is 52.8 Å². The summed E-state index contributed by atoms with van der Waals surface area (Å²) in [6.45, 7) is 0.843. The topological polar surface area (TPSA) is 109 Å². The number of amidine groups is 2. The fraction of sp³-hybridized carbons (Fsp3) is 0.111. The maximum atomic E-state index is 6.45. The quantitative estimate of drug-likeness (QED) is 0.0354. The van der Waals surface area contributed by atoms with Crippen LogP contribution in [0.4, 0.5) is 0 Å². The maximum absolute atomic E-state index is 6.45. The maximum Gasteiger partial charge on any atom is 2.00 e. The Bertz CT molecular complexity index is 1750. The molecule has 49 heavy (non-hydrogen) atoms. The molecule has 0 bridgehead atoms. The molecule has 0 fully saturated rings. The summed E-state index contributed by atoms with van der Waals surface area (Å²) < 4.78 is 6.45. The van der Waals surface area contributed by atoms with Gasteiger partial charge in [0.05, 0.1) is 6.61 Å². The van der Waals surface area contributed by atoms with E-state index in [0.29, 0.717) is 31.0 Å². The third kappa shape index (κ3) is 10.1. The summed E-state index contributed by atoms with van der Waals surface area (Å²) in [5.41, 5.74) is 1.40. The van der Waals surface area contributed by atoms with Crippen LogP contribution in [0, 0.1) is 0 Å². The van der Waals surface area contributed by atoms with Crippen LogP contribution in [0.3, 0.4) is 0 Å². The Morgan fingerprint density at radius 2 is 1.10 bits per heavy atom. The van der Waals surface area contributed by atoms with Crippen molar-refractivity contribution in [2.45, 2.75) is 0 Å². The first-order valence-electron chi connectivity index (χ1n) is 15.1. The number of nitrogens with one attached hydrogen (secondary N) is 2. The van der Waals surface area contributed by atoms with E-state index < -0.39 is 7.26 Å². The van der Waals surface area contributed by atoms with Crippen LogP contribution in [0.2, 0.25) is 0 Å². The molecule has 0 saturated heterocycles. The zero-order valence-corrected chi connectivity index (χ0v) is 30.0. The summed E-state index contributed by atoms with van der Waals surface area (Å²) in [4.78, 5) is 8.72. The van der Waals surface area contributed by atoms with E-state index in [0.717, 1.165) is 5.56 Å². The summed E-state index contributed by atoms with van der Waals surface area (Å²) in [5.74, 6) is 0.312. The molecule has 0 aliphatic rings. The number of rotatable bonds is 13. The molecule has 13 heteroatoms. The van der Waals surface area contributed by atoms with E-state index >= 15 is 0 Å². The predicted molar refractivity (Wildman–Crippen MR) is 204 cm³/mol. The molecule has 5 rings (SSSR count). The fourth-order valence-corrected chi connectivity index (χ4v) is 8.85. The smallest absolute Gasteiger partial charge is 0.741 e. The third-order valence-electron chi connectivity index (χ3n) is 7.14. The number of hydrogen-bond acceptors (Lipinski definition) is 9. The molecule has 0 saturated carbocycles. The van der Waals surface area contributed by atoms with E-state index in [-0.39, 0.29) is 33.1 Å². The van der Waals surface area contributed by atoms with Gasteiger partial charge in [-0.2, -0.15) is 10.2 Å². The van der Waals surface area contributed by atoms with Gasteiger partial charge in [-0.3, -0.25) is 0 Å². The van der Waals surface area contributed by atoms with Crippen LogP contribution in [-0.2, 0) is 47.1 Å². The number of aromatic nitrogens is 2. The van der Waals surface area contributed by atoms with Crippen LogP contribution in [0.5, 0.6) is 0 Å². The monoisotopic (exact) mass is 752 g/mol. The number of nitrogens with zero attached hydrogens (tertiary/aromatic N) is 6. The van der Waals surface area contributed by atoms with Crippen molar-refractivity contribution >= 4 is 70.2 Å². The minimum atomic E-state index is -2.11. The second kappa shape index (κ2) is 19.6. The first-order chi connectivity index (χ1) is 23.6. The molecule has 1 radical (unpaired) electrons. The molecule has 2 N–H and O–H groups in total. The van der Waals surface area contributed by atoms with Crippen molar-refractivity contribution in [3.8, 4) is 0 Å². The summed E-state index contributed by atoms with van der Waals surface area (Å²) in [6.07, 6.45) is 3.76. The number of ether oxygens (including phenoxy) is 1. The minimum Gasteiger partial charge on any atom is -0.741 e. The Morgan fingerprint density at radius 3 is 1.61 bits per heavy atom. The van der Waals surface area contributed by atoms with Crippen molar-refractivity contribution in [2.75, 3.05) is 26.5 Å². The summed E-state index contributed by atoms with van der Waals surface area (Å²) >= 11 is 10.7. The van der Waals surface area contributed by atoms with Gasteiger partial charge >= 0.3 is 17.1 Å². The van der Waals surface area contributed by atoms with Gasteiger partial charge in [0.2, 0.25) is 0 Å². The van der Waals surface area contributed by atoms with Crippen LogP contribution in [0.15, 0.2) is 160 Å². The summed E-state index contributed by atoms with van der Waals surface area (Å²) in [6, 6.07) is 43.0. The molecule has 0 atom stereocenters. The zero-order valence-electron chi connectivity index (χ0n) is 26.6. The normalized spacial score (nSPS) is 12.6. The Morgan fingerprint density at radius 1 is 0.633 bits per heavy atom. The molecule has 251 valence electrons. The zero-order chi connectivity index (χ0) is 33.4. The molecule has 0 unspecified atom stereocenters. The van der Waals surface area contributed by atoms with E-state index in [2.05, 4.69) is 114 Å². The average molecular weight is 753 g/mol. The first-order valence-corrected chi connectivity index (χ1v) is 17.9. The van der Waals surface area contributed by atoms with Gasteiger partial charge in [-0.15, -0.1) is 10.2 Å². The van der Waals surface area contributed by atoms with Gasteiger partial charge in [0.25, 0.3) is 0 Å². The van der Waals surface area contributed by atoms with Crippen molar-refractivity contribution in [3.63, 3.8) is 0 Å². The average Bonchev–Trinajstić information content (AvgIpc) is 3.16. The van der Waals surface area contributed by atoms with Gasteiger partial charge in [0.1, 0.15) is 28.9 Å². The van der Waals surface area contributed by atoms with E-state index in [1.165, 1.54) is 15.9 Å². The largest absolute Gasteiger partial charge is 2.00 e. The Balaban J connectivity index is 0.00000541. The van der Waals surface area contributed by atoms with E-state index in [9.17, 15) is 0 Å².